The van der Waals surface area contributed by atoms with E-state index in [1.807, 2.05) is 54.6 Å². The average molecular weight is 627 g/mol. The predicted molar refractivity (Wildman–Crippen MR) is 162 cm³/mol. The second-order valence-electron chi connectivity index (χ2n) is 11.9. The normalized spacial score (nSPS) is 30.5. The first-order chi connectivity index (χ1) is 22.4. The van der Waals surface area contributed by atoms with Crippen LogP contribution in [-0.2, 0) is 35.3 Å². The van der Waals surface area contributed by atoms with Gasteiger partial charge < -0.3 is 29.7 Å². The van der Waals surface area contributed by atoms with Crippen LogP contribution in [0, 0.1) is 11.8 Å². The number of hydrogen-bond acceptors (Lipinski definition) is 9. The smallest absolute Gasteiger partial charge is 0.306 e. The first-order valence-corrected chi connectivity index (χ1v) is 15.4. The SMILES string of the molecule is O=C1CC/C=C\[C@@H]2O[C@@]34C=CCN(Cn5nnc6ccccc65)C(=O)[C@@H]3N(CCO)C(=O)[C@H]4[C@@H]2C(=O)N[C@@H](c2ccccc2)CO1. The van der Waals surface area contributed by atoms with E-state index in [1.54, 1.807) is 33.9 Å². The van der Waals surface area contributed by atoms with E-state index >= 15 is 0 Å². The molecule has 2 N–H and O–H groups in total. The molecule has 7 rings (SSSR count). The molecular formula is C33H34N6O7. The molecule has 0 bridgehead atoms. The van der Waals surface area contributed by atoms with E-state index in [0.717, 1.165) is 11.1 Å². The number of rotatable bonds is 5. The molecule has 1 aromatic heterocycles. The van der Waals surface area contributed by atoms with E-state index < -0.39 is 59.3 Å². The molecule has 0 saturated carbocycles. The summed E-state index contributed by atoms with van der Waals surface area (Å²) in [6.45, 7) is -0.291. The number of aliphatic hydroxyl groups excluding tert-OH is 1. The number of aliphatic hydroxyl groups is 1. The number of fused-ring (bicyclic) bond motifs is 3. The van der Waals surface area contributed by atoms with Gasteiger partial charge in [-0.15, -0.1) is 5.10 Å². The Morgan fingerprint density at radius 2 is 1.80 bits per heavy atom. The monoisotopic (exact) mass is 626 g/mol. The number of para-hydroxylation sites is 1. The highest BCUT2D eigenvalue weighted by molar-refractivity contribution is 5.99. The van der Waals surface area contributed by atoms with Gasteiger partial charge in [-0.25, -0.2) is 4.68 Å². The molecule has 2 saturated heterocycles. The molecule has 0 aliphatic carbocycles. The van der Waals surface area contributed by atoms with Crippen LogP contribution >= 0.6 is 0 Å². The number of ether oxygens (including phenoxy) is 2. The minimum Gasteiger partial charge on any atom is -0.463 e. The number of hydrogen-bond donors (Lipinski definition) is 2. The number of allylic oxidation sites excluding steroid dienone is 1. The lowest BCUT2D eigenvalue weighted by Crippen LogP contribution is -2.55. The van der Waals surface area contributed by atoms with E-state index in [4.69, 9.17) is 9.47 Å². The summed E-state index contributed by atoms with van der Waals surface area (Å²) in [5.74, 6) is -3.75. The molecule has 4 aliphatic rings. The zero-order chi connectivity index (χ0) is 31.8. The van der Waals surface area contributed by atoms with Gasteiger partial charge in [0, 0.05) is 19.5 Å². The number of esters is 1. The molecule has 46 heavy (non-hydrogen) atoms. The summed E-state index contributed by atoms with van der Waals surface area (Å²) >= 11 is 0. The van der Waals surface area contributed by atoms with Crippen LogP contribution in [0.5, 0.6) is 0 Å². The molecule has 4 aliphatic heterocycles. The highest BCUT2D eigenvalue weighted by atomic mass is 16.5. The van der Waals surface area contributed by atoms with Gasteiger partial charge in [-0.1, -0.05) is 72.0 Å². The lowest BCUT2D eigenvalue weighted by atomic mass is 9.77. The fraction of sp³-hybridized carbons (Fsp3) is 0.394. The maximum atomic E-state index is 14.5. The van der Waals surface area contributed by atoms with Gasteiger partial charge in [0.25, 0.3) is 5.91 Å². The molecule has 0 unspecified atom stereocenters. The minimum atomic E-state index is -1.48. The molecular weight excluding hydrogens is 592 g/mol. The molecule has 13 nitrogen and oxygen atoms in total. The number of β-amino-alcohol motifs (C(OH)–C–C–N with tert-alkyl or cyclic N) is 1. The van der Waals surface area contributed by atoms with Crippen LogP contribution in [0.15, 0.2) is 78.9 Å². The molecule has 2 aromatic carbocycles. The van der Waals surface area contributed by atoms with Crippen molar-refractivity contribution in [2.45, 2.75) is 43.3 Å². The molecule has 1 spiro atoms. The fourth-order valence-corrected chi connectivity index (χ4v) is 7.14. The van der Waals surface area contributed by atoms with Crippen molar-refractivity contribution < 1.29 is 33.8 Å². The number of amides is 3. The molecule has 2 fully saturated rings. The first-order valence-electron chi connectivity index (χ1n) is 15.4. The Morgan fingerprint density at radius 1 is 1.00 bits per heavy atom. The number of nitrogens with zero attached hydrogens (tertiary/aromatic N) is 5. The molecule has 3 amide bonds. The summed E-state index contributed by atoms with van der Waals surface area (Å²) in [6.07, 6.45) is 6.60. The largest absolute Gasteiger partial charge is 0.463 e. The summed E-state index contributed by atoms with van der Waals surface area (Å²) in [4.78, 5) is 58.3. The highest BCUT2D eigenvalue weighted by Crippen LogP contribution is 2.52. The second kappa shape index (κ2) is 12.1. The van der Waals surface area contributed by atoms with Crippen molar-refractivity contribution in [3.05, 3.63) is 84.5 Å². The number of benzene rings is 2. The Balaban J connectivity index is 1.26. The molecule has 0 radical (unpaired) electrons. The number of aromatic nitrogens is 3. The van der Waals surface area contributed by atoms with Crippen molar-refractivity contribution in [1.29, 1.82) is 0 Å². The van der Waals surface area contributed by atoms with Crippen molar-refractivity contribution in [2.24, 2.45) is 11.8 Å². The van der Waals surface area contributed by atoms with E-state index in [-0.39, 0.29) is 39.4 Å². The van der Waals surface area contributed by atoms with Gasteiger partial charge in [-0.3, -0.25) is 19.2 Å². The van der Waals surface area contributed by atoms with Crippen molar-refractivity contribution in [2.75, 3.05) is 26.3 Å². The van der Waals surface area contributed by atoms with Crippen LogP contribution in [0.1, 0.15) is 24.4 Å². The Hall–Kier alpha value is -4.88. The van der Waals surface area contributed by atoms with Crippen molar-refractivity contribution in [1.82, 2.24) is 30.1 Å². The number of cyclic esters (lactones) is 1. The lowest BCUT2D eigenvalue weighted by molar-refractivity contribution is -0.149. The van der Waals surface area contributed by atoms with Crippen molar-refractivity contribution in [3.63, 3.8) is 0 Å². The number of carbonyl (C=O) groups is 4. The van der Waals surface area contributed by atoms with Gasteiger partial charge in [0.15, 0.2) is 0 Å². The topological polar surface area (TPSA) is 156 Å². The summed E-state index contributed by atoms with van der Waals surface area (Å²) in [5, 5.41) is 21.4. The van der Waals surface area contributed by atoms with Gasteiger partial charge in [0.05, 0.1) is 36.1 Å². The minimum absolute atomic E-state index is 0.0715. The van der Waals surface area contributed by atoms with Crippen LogP contribution in [0.3, 0.4) is 0 Å². The average Bonchev–Trinajstić information content (AvgIpc) is 3.65. The fourth-order valence-electron chi connectivity index (χ4n) is 7.14. The van der Waals surface area contributed by atoms with E-state index in [0.29, 0.717) is 11.9 Å². The first kappa shape index (κ1) is 29.8. The molecule has 5 heterocycles. The zero-order valence-electron chi connectivity index (χ0n) is 25.0. The maximum Gasteiger partial charge on any atom is 0.306 e. The summed E-state index contributed by atoms with van der Waals surface area (Å²) in [6, 6.07) is 14.8. The Kier molecular flexibility index (Phi) is 7.87. The number of likely N-dealkylation sites (tertiary alicyclic amines) is 1. The maximum absolute atomic E-state index is 14.5. The van der Waals surface area contributed by atoms with E-state index in [1.165, 1.54) is 4.90 Å². The summed E-state index contributed by atoms with van der Waals surface area (Å²) in [7, 11) is 0. The standard InChI is InChI=1S/C33H34N6O7/c40-18-17-38-29-32(44)37(20-39-24-12-5-4-11-22(24)35-36-39)16-8-15-33(29)28(31(38)43)27-25(46-33)13-6-7-14-26(41)45-19-23(34-30(27)42)21-9-2-1-3-10-21/h1-6,8-13,15,23,25,27-29,40H,7,14,16-20H2,(H,34,42)/b13-6-/t23-,25+,27-,28-,29+,33-/m1/s1. The third kappa shape index (κ3) is 5.05. The molecule has 3 aromatic rings. The van der Waals surface area contributed by atoms with E-state index in [9.17, 15) is 24.3 Å². The van der Waals surface area contributed by atoms with Crippen LogP contribution in [0.25, 0.3) is 11.0 Å². The van der Waals surface area contributed by atoms with Gasteiger partial charge in [0.2, 0.25) is 11.8 Å². The van der Waals surface area contributed by atoms with Crippen LogP contribution < -0.4 is 5.32 Å². The third-order valence-electron chi connectivity index (χ3n) is 9.22. The Morgan fingerprint density at radius 3 is 2.63 bits per heavy atom. The molecule has 6 atom stereocenters. The number of carbonyl (C=O) groups excluding carboxylic acids is 4. The van der Waals surface area contributed by atoms with Gasteiger partial charge >= 0.3 is 5.97 Å². The van der Waals surface area contributed by atoms with E-state index in [2.05, 4.69) is 15.6 Å². The van der Waals surface area contributed by atoms with Crippen molar-refractivity contribution in [3.8, 4) is 0 Å². The Bertz CT molecular complexity index is 1720. The van der Waals surface area contributed by atoms with Gasteiger partial charge in [0.1, 0.15) is 30.4 Å². The zero-order valence-corrected chi connectivity index (χ0v) is 25.0. The highest BCUT2D eigenvalue weighted by Gasteiger charge is 2.71. The van der Waals surface area contributed by atoms with Crippen LogP contribution in [0.4, 0.5) is 0 Å². The molecule has 238 valence electrons. The van der Waals surface area contributed by atoms with Crippen molar-refractivity contribution >= 4 is 34.7 Å². The third-order valence-corrected chi connectivity index (χ3v) is 9.22. The van der Waals surface area contributed by atoms with Gasteiger partial charge in [-0.2, -0.15) is 0 Å². The summed E-state index contributed by atoms with van der Waals surface area (Å²) < 4.78 is 13.8. The molecule has 13 heteroatoms. The summed E-state index contributed by atoms with van der Waals surface area (Å²) in [5.41, 5.74) is 0.689. The van der Waals surface area contributed by atoms with Crippen LogP contribution in [0.2, 0.25) is 0 Å². The van der Waals surface area contributed by atoms with Gasteiger partial charge in [-0.05, 0) is 24.1 Å². The lowest BCUT2D eigenvalue weighted by Gasteiger charge is -2.35. The second-order valence-corrected chi connectivity index (χ2v) is 11.9. The van der Waals surface area contributed by atoms with Crippen LogP contribution in [-0.4, -0.2) is 97.6 Å². The predicted octanol–water partition coefficient (Wildman–Crippen LogP) is 1.11. The number of nitrogens with one attached hydrogen (secondary N) is 1. The quantitative estimate of drug-likeness (QED) is 0.313. The Labute approximate surface area is 264 Å².